The number of hydrogen-bond donors (Lipinski definition) is 1. The second-order valence-corrected chi connectivity index (χ2v) is 14.1. The summed E-state index contributed by atoms with van der Waals surface area (Å²) in [6.07, 6.45) is 1.35. The van der Waals surface area contributed by atoms with Gasteiger partial charge in [0.2, 0.25) is 11.8 Å². The van der Waals surface area contributed by atoms with Crippen molar-refractivity contribution in [2.45, 2.75) is 74.4 Å². The van der Waals surface area contributed by atoms with Gasteiger partial charge in [-0.1, -0.05) is 33.3 Å². The number of alkyl halides is 4. The van der Waals surface area contributed by atoms with Crippen molar-refractivity contribution in [1.82, 2.24) is 15.2 Å². The summed E-state index contributed by atoms with van der Waals surface area (Å²) in [6, 6.07) is -3.70. The Morgan fingerprint density at radius 1 is 1.04 bits per heavy atom. The molecule has 2 atom stereocenters. The molecule has 1 saturated heterocycles. The van der Waals surface area contributed by atoms with E-state index in [0.29, 0.717) is 34.2 Å². The minimum absolute atomic E-state index is 0.0738. The molecular formula is C27H27F10N5O2S. The fourth-order valence-corrected chi connectivity index (χ4v) is 6.14. The van der Waals surface area contributed by atoms with E-state index in [1.165, 1.54) is 6.19 Å². The van der Waals surface area contributed by atoms with Crippen LogP contribution in [0.5, 0.6) is 0 Å². The van der Waals surface area contributed by atoms with Gasteiger partial charge in [0.15, 0.2) is 6.19 Å². The molecule has 2 aromatic rings. The van der Waals surface area contributed by atoms with Gasteiger partial charge in [-0.15, -0.1) is 0 Å². The number of likely N-dealkylation sites (tertiary alicyclic amines) is 1. The highest BCUT2D eigenvalue weighted by atomic mass is 32.5. The molecule has 1 aliphatic heterocycles. The summed E-state index contributed by atoms with van der Waals surface area (Å²) >= 11 is 0. The fraction of sp³-hybridized carbons (Fsp3) is 0.481. The third-order valence-electron chi connectivity index (χ3n) is 8.08. The highest BCUT2D eigenvalue weighted by Crippen LogP contribution is 3.02. The van der Waals surface area contributed by atoms with E-state index in [1.54, 1.807) is 0 Å². The maximum atomic E-state index is 15.0. The molecule has 2 heterocycles. The van der Waals surface area contributed by atoms with Crippen LogP contribution in [-0.2, 0) is 9.59 Å². The zero-order valence-electron chi connectivity index (χ0n) is 23.6. The highest BCUT2D eigenvalue weighted by Gasteiger charge is 2.66. The van der Waals surface area contributed by atoms with Crippen molar-refractivity contribution in [3.8, 4) is 6.19 Å². The molecule has 0 radical (unpaired) electrons. The van der Waals surface area contributed by atoms with Gasteiger partial charge in [-0.3, -0.25) is 24.4 Å². The second-order valence-electron chi connectivity index (χ2n) is 11.7. The average molecular weight is 676 g/mol. The minimum atomic E-state index is -10.2. The quantitative estimate of drug-likeness (QED) is 0.243. The predicted octanol–water partition coefficient (Wildman–Crippen LogP) is 7.47. The zero-order chi connectivity index (χ0) is 33.9. The van der Waals surface area contributed by atoms with E-state index in [1.807, 2.05) is 0 Å². The predicted molar refractivity (Wildman–Crippen MR) is 142 cm³/mol. The van der Waals surface area contributed by atoms with Crippen molar-refractivity contribution in [2.75, 3.05) is 11.4 Å². The van der Waals surface area contributed by atoms with Crippen molar-refractivity contribution in [2.24, 2.45) is 5.41 Å². The molecule has 45 heavy (non-hydrogen) atoms. The van der Waals surface area contributed by atoms with Gasteiger partial charge in [0, 0.05) is 36.3 Å². The smallest absolute Gasteiger partial charge is 0.310 e. The van der Waals surface area contributed by atoms with Gasteiger partial charge in [0.1, 0.15) is 22.8 Å². The van der Waals surface area contributed by atoms with E-state index in [-0.39, 0.29) is 25.0 Å². The molecule has 1 aliphatic carbocycles. The van der Waals surface area contributed by atoms with Crippen LogP contribution in [0.3, 0.4) is 0 Å². The lowest BCUT2D eigenvalue weighted by Crippen LogP contribution is -2.55. The SMILES string of the molecule is CC1(C)C(C(=O)N(c2ccc(S(F)(F)(F)(F)F)cc2)C(C(=O)NC2CCC(F)(F)CC2)c2cncc(F)c2)N(C#N)CC1(F)F. The van der Waals surface area contributed by atoms with Crippen LogP contribution in [0.4, 0.5) is 47.1 Å². The second kappa shape index (κ2) is 10.4. The van der Waals surface area contributed by atoms with E-state index < -0.39 is 98.8 Å². The summed E-state index contributed by atoms with van der Waals surface area (Å²) in [5.41, 5.74) is -3.45. The molecule has 0 bridgehead atoms. The number of nitrogens with one attached hydrogen (secondary N) is 1. The van der Waals surface area contributed by atoms with Crippen molar-refractivity contribution in [3.05, 3.63) is 54.1 Å². The van der Waals surface area contributed by atoms with Crippen molar-refractivity contribution >= 4 is 27.7 Å². The molecule has 1 N–H and O–H groups in total. The normalized spacial score (nSPS) is 23.3. The number of amides is 2. The first-order chi connectivity index (χ1) is 20.4. The number of nitrogens with zero attached hydrogens (tertiary/aromatic N) is 4. The van der Waals surface area contributed by atoms with Crippen molar-refractivity contribution in [1.29, 1.82) is 5.26 Å². The van der Waals surface area contributed by atoms with Crippen LogP contribution in [0.2, 0.25) is 0 Å². The molecular weight excluding hydrogens is 648 g/mol. The molecule has 1 aromatic carbocycles. The number of aromatic nitrogens is 1. The third-order valence-corrected chi connectivity index (χ3v) is 9.24. The molecule has 0 spiro atoms. The van der Waals surface area contributed by atoms with E-state index in [4.69, 9.17) is 0 Å². The summed E-state index contributed by atoms with van der Waals surface area (Å²) < 4.78 is 139. The first-order valence-electron chi connectivity index (χ1n) is 13.4. The first kappa shape index (κ1) is 34.1. The first-order valence-corrected chi connectivity index (χ1v) is 15.3. The number of benzene rings is 1. The van der Waals surface area contributed by atoms with Gasteiger partial charge in [0.25, 0.3) is 11.8 Å². The third kappa shape index (κ3) is 6.92. The molecule has 7 nitrogen and oxygen atoms in total. The Morgan fingerprint density at radius 2 is 1.62 bits per heavy atom. The Bertz CT molecular complexity index is 1520. The standard InChI is InChI=1S/C27H27F10N5O2S/c1-25(2)22(41(15-38)14-27(25,31)32)24(44)42(19-3-5-20(6-4-19)45(33,34,35,36)37)21(16-11-17(28)13-39-12-16)23(43)40-18-7-9-26(29,30)10-8-18/h3-6,11-13,18,21-22H,7-10,14H2,1-2H3,(H,40,43). The molecule has 2 amide bonds. The number of rotatable bonds is 7. The zero-order valence-corrected chi connectivity index (χ0v) is 24.4. The van der Waals surface area contributed by atoms with Crippen LogP contribution in [0.25, 0.3) is 0 Å². The van der Waals surface area contributed by atoms with Crippen LogP contribution >= 0.6 is 10.2 Å². The maximum Gasteiger partial charge on any atom is 0.310 e. The molecule has 4 rings (SSSR count). The largest absolute Gasteiger partial charge is 0.351 e. The molecule has 2 aliphatic rings. The van der Waals surface area contributed by atoms with Gasteiger partial charge in [-0.2, -0.15) is 5.26 Å². The molecule has 1 aromatic heterocycles. The van der Waals surface area contributed by atoms with Crippen LogP contribution in [0.15, 0.2) is 47.6 Å². The number of halogens is 10. The topological polar surface area (TPSA) is 89.3 Å². The number of carbonyl (C=O) groups is 2. The Hall–Kier alpha value is -3.75. The lowest BCUT2D eigenvalue weighted by atomic mass is 9.80. The molecule has 2 fully saturated rings. The van der Waals surface area contributed by atoms with Crippen LogP contribution in [0.1, 0.15) is 51.1 Å². The Kier molecular flexibility index (Phi) is 7.88. The summed E-state index contributed by atoms with van der Waals surface area (Å²) in [7, 11) is -10.2. The number of nitriles is 1. The van der Waals surface area contributed by atoms with E-state index in [9.17, 15) is 47.5 Å². The van der Waals surface area contributed by atoms with Gasteiger partial charge >= 0.3 is 10.2 Å². The van der Waals surface area contributed by atoms with E-state index in [0.717, 1.165) is 20.0 Å². The summed E-state index contributed by atoms with van der Waals surface area (Å²) in [4.78, 5) is 30.1. The van der Waals surface area contributed by atoms with E-state index >= 15 is 8.78 Å². The Labute approximate surface area is 250 Å². The minimum Gasteiger partial charge on any atom is -0.351 e. The molecule has 248 valence electrons. The highest BCUT2D eigenvalue weighted by molar-refractivity contribution is 8.45. The Morgan fingerprint density at radius 3 is 2.13 bits per heavy atom. The van der Waals surface area contributed by atoms with Gasteiger partial charge in [-0.05, 0) is 43.2 Å². The average Bonchev–Trinajstić information content (AvgIpc) is 3.09. The van der Waals surface area contributed by atoms with Crippen molar-refractivity contribution in [3.63, 3.8) is 0 Å². The van der Waals surface area contributed by atoms with Gasteiger partial charge in [-0.25, -0.2) is 22.0 Å². The number of anilines is 1. The fourth-order valence-electron chi connectivity index (χ4n) is 5.49. The van der Waals surface area contributed by atoms with Crippen LogP contribution in [0, 0.1) is 22.7 Å². The molecule has 1 saturated carbocycles. The van der Waals surface area contributed by atoms with Crippen LogP contribution in [-0.4, -0.2) is 52.2 Å². The lowest BCUT2D eigenvalue weighted by Gasteiger charge is -2.41. The summed E-state index contributed by atoms with van der Waals surface area (Å²) in [5, 5.41) is 12.1. The monoisotopic (exact) mass is 675 g/mol. The lowest BCUT2D eigenvalue weighted by molar-refractivity contribution is -0.133. The van der Waals surface area contributed by atoms with Crippen LogP contribution < -0.4 is 10.2 Å². The number of carbonyl (C=O) groups excluding carboxylic acids is 2. The number of pyridine rings is 1. The van der Waals surface area contributed by atoms with Gasteiger partial charge < -0.3 is 5.32 Å². The summed E-state index contributed by atoms with van der Waals surface area (Å²) in [6.45, 7) is 0.616. The van der Waals surface area contributed by atoms with Gasteiger partial charge in [0.05, 0.1) is 18.2 Å². The maximum absolute atomic E-state index is 15.0. The summed E-state index contributed by atoms with van der Waals surface area (Å²) in [5.74, 6) is -10.4. The number of hydrogen-bond acceptors (Lipinski definition) is 5. The molecule has 2 unspecified atom stereocenters. The molecule has 18 heteroatoms. The van der Waals surface area contributed by atoms with Crippen molar-refractivity contribution < 1.29 is 51.0 Å². The Balaban J connectivity index is 1.90. The van der Waals surface area contributed by atoms with E-state index in [2.05, 4.69) is 10.3 Å².